The summed E-state index contributed by atoms with van der Waals surface area (Å²) in [5, 5.41) is 6.62. The van der Waals surface area contributed by atoms with E-state index < -0.39 is 10.0 Å². The molecule has 11 heteroatoms. The third-order valence-corrected chi connectivity index (χ3v) is 6.03. The highest BCUT2D eigenvalue weighted by molar-refractivity contribution is 7.92. The number of hydrogen-bond donors (Lipinski definition) is 3. The van der Waals surface area contributed by atoms with Crippen molar-refractivity contribution in [3.05, 3.63) is 66.5 Å². The van der Waals surface area contributed by atoms with Crippen LogP contribution < -0.4 is 24.8 Å². The van der Waals surface area contributed by atoms with Crippen LogP contribution in [0.5, 0.6) is 11.5 Å². The number of rotatable bonds is 8. The number of nitrogens with zero attached hydrogens (tertiary/aromatic N) is 2. The molecule has 1 unspecified atom stereocenters. The number of benzene rings is 2. The summed E-state index contributed by atoms with van der Waals surface area (Å²) in [6.45, 7) is 1.96. The summed E-state index contributed by atoms with van der Waals surface area (Å²) < 4.78 is 37.9. The lowest BCUT2D eigenvalue weighted by molar-refractivity contribution is 0.354. The maximum atomic E-state index is 12.5. The predicted octanol–water partition coefficient (Wildman–Crippen LogP) is 3.34. The molecule has 9 nitrogen and oxygen atoms in total. The molecule has 0 radical (unpaired) electrons. The molecular weight excluding hydrogens is 450 g/mol. The predicted molar refractivity (Wildman–Crippen MR) is 127 cm³/mol. The first kappa shape index (κ1) is 23.2. The SMILES string of the molecule is COc1ccc(C(C)NC(=S)Nc2ccc(S(=O)(=O)Nc3ncccn3)cc2)cc1OC. The van der Waals surface area contributed by atoms with Crippen LogP contribution in [-0.4, -0.2) is 37.7 Å². The second kappa shape index (κ2) is 10.2. The third kappa shape index (κ3) is 5.83. The maximum absolute atomic E-state index is 12.5. The van der Waals surface area contributed by atoms with Crippen LogP contribution in [-0.2, 0) is 10.0 Å². The molecule has 0 bridgehead atoms. The molecule has 0 aliphatic heterocycles. The first-order valence-corrected chi connectivity index (χ1v) is 11.4. The number of anilines is 2. The van der Waals surface area contributed by atoms with Gasteiger partial charge in [0.15, 0.2) is 16.6 Å². The van der Waals surface area contributed by atoms with Crippen LogP contribution in [0, 0.1) is 0 Å². The summed E-state index contributed by atoms with van der Waals surface area (Å²) >= 11 is 5.39. The molecule has 0 aliphatic carbocycles. The van der Waals surface area contributed by atoms with Crippen molar-refractivity contribution in [3.8, 4) is 11.5 Å². The fourth-order valence-corrected chi connectivity index (χ4v) is 4.07. The van der Waals surface area contributed by atoms with Gasteiger partial charge in [-0.05, 0) is 67.2 Å². The standard InChI is InChI=1S/C21H23N5O4S2/c1-14(15-5-10-18(29-2)19(13-15)30-3)24-21(31)25-16-6-8-17(9-7-16)32(27,28)26-20-22-11-4-12-23-20/h4-14H,1-3H3,(H,22,23,26)(H2,24,25,31). The van der Waals surface area contributed by atoms with Gasteiger partial charge in [0.2, 0.25) is 5.95 Å². The number of hydrogen-bond acceptors (Lipinski definition) is 7. The molecule has 0 spiro atoms. The lowest BCUT2D eigenvalue weighted by Gasteiger charge is -2.19. The van der Waals surface area contributed by atoms with Crippen molar-refractivity contribution in [2.45, 2.75) is 17.9 Å². The average Bonchev–Trinajstić information content (AvgIpc) is 2.79. The van der Waals surface area contributed by atoms with E-state index in [4.69, 9.17) is 21.7 Å². The summed E-state index contributed by atoms with van der Waals surface area (Å²) in [6.07, 6.45) is 2.91. The molecule has 0 saturated heterocycles. The monoisotopic (exact) mass is 473 g/mol. The number of sulfonamides is 1. The van der Waals surface area contributed by atoms with Crippen LogP contribution in [0.15, 0.2) is 65.8 Å². The van der Waals surface area contributed by atoms with Gasteiger partial charge in [-0.15, -0.1) is 0 Å². The molecule has 3 aromatic rings. The van der Waals surface area contributed by atoms with E-state index in [1.807, 2.05) is 25.1 Å². The van der Waals surface area contributed by atoms with Crippen LogP contribution in [0.1, 0.15) is 18.5 Å². The van der Waals surface area contributed by atoms with Gasteiger partial charge in [0.25, 0.3) is 10.0 Å². The number of aromatic nitrogens is 2. The Morgan fingerprint density at radius 2 is 1.66 bits per heavy atom. The van der Waals surface area contributed by atoms with Gasteiger partial charge < -0.3 is 20.1 Å². The minimum absolute atomic E-state index is 0.00392. The lowest BCUT2D eigenvalue weighted by atomic mass is 10.1. The number of thiocarbonyl (C=S) groups is 1. The molecule has 3 N–H and O–H groups in total. The van der Waals surface area contributed by atoms with Gasteiger partial charge in [-0.25, -0.2) is 23.1 Å². The smallest absolute Gasteiger partial charge is 0.264 e. The Hall–Kier alpha value is -3.44. The lowest BCUT2D eigenvalue weighted by Crippen LogP contribution is -2.30. The van der Waals surface area contributed by atoms with E-state index in [2.05, 4.69) is 25.3 Å². The van der Waals surface area contributed by atoms with Crippen LogP contribution in [0.4, 0.5) is 11.6 Å². The summed E-state index contributed by atoms with van der Waals surface area (Å²) in [5.41, 5.74) is 1.60. The van der Waals surface area contributed by atoms with Crippen molar-refractivity contribution in [2.24, 2.45) is 0 Å². The topological polar surface area (TPSA) is 114 Å². The van der Waals surface area contributed by atoms with E-state index in [0.29, 0.717) is 22.3 Å². The fraction of sp³-hybridized carbons (Fsp3) is 0.190. The van der Waals surface area contributed by atoms with E-state index in [1.54, 1.807) is 32.4 Å². The molecule has 0 fully saturated rings. The zero-order valence-corrected chi connectivity index (χ0v) is 19.3. The number of nitrogens with one attached hydrogen (secondary N) is 3. The molecule has 0 saturated carbocycles. The van der Waals surface area contributed by atoms with Crippen LogP contribution in [0.3, 0.4) is 0 Å². The van der Waals surface area contributed by atoms with Gasteiger partial charge in [0.05, 0.1) is 25.2 Å². The van der Waals surface area contributed by atoms with Crippen LogP contribution in [0.2, 0.25) is 0 Å². The Kier molecular flexibility index (Phi) is 7.44. The van der Waals surface area contributed by atoms with Gasteiger partial charge in [0.1, 0.15) is 0 Å². The highest BCUT2D eigenvalue weighted by atomic mass is 32.2. The molecule has 1 heterocycles. The Balaban J connectivity index is 1.62. The van der Waals surface area contributed by atoms with Gasteiger partial charge in [-0.1, -0.05) is 6.07 Å². The number of ether oxygens (including phenoxy) is 2. The molecule has 3 rings (SSSR count). The maximum Gasteiger partial charge on any atom is 0.264 e. The van der Waals surface area contributed by atoms with Crippen molar-refractivity contribution in [1.29, 1.82) is 0 Å². The molecule has 1 atom stereocenters. The van der Waals surface area contributed by atoms with E-state index in [-0.39, 0.29) is 16.9 Å². The highest BCUT2D eigenvalue weighted by Gasteiger charge is 2.16. The van der Waals surface area contributed by atoms with E-state index in [0.717, 1.165) is 5.56 Å². The Morgan fingerprint density at radius 3 is 2.28 bits per heavy atom. The van der Waals surface area contributed by atoms with E-state index in [1.165, 1.54) is 24.5 Å². The molecule has 0 amide bonds. The summed E-state index contributed by atoms with van der Waals surface area (Å²) in [6, 6.07) is 13.3. The summed E-state index contributed by atoms with van der Waals surface area (Å²) in [4.78, 5) is 7.81. The van der Waals surface area contributed by atoms with Crippen molar-refractivity contribution in [1.82, 2.24) is 15.3 Å². The largest absolute Gasteiger partial charge is 0.493 e. The minimum atomic E-state index is -3.80. The van der Waals surface area contributed by atoms with Crippen LogP contribution in [0.25, 0.3) is 0 Å². The molecule has 2 aromatic carbocycles. The average molecular weight is 474 g/mol. The molecule has 1 aromatic heterocycles. The summed E-state index contributed by atoms with van der Waals surface area (Å²) in [7, 11) is -0.634. The zero-order chi connectivity index (χ0) is 23.1. The van der Waals surface area contributed by atoms with Crippen molar-refractivity contribution in [2.75, 3.05) is 24.3 Å². The van der Waals surface area contributed by atoms with E-state index in [9.17, 15) is 8.42 Å². The Labute approximate surface area is 192 Å². The van der Waals surface area contributed by atoms with Crippen molar-refractivity contribution < 1.29 is 17.9 Å². The van der Waals surface area contributed by atoms with Gasteiger partial charge >= 0.3 is 0 Å². The summed E-state index contributed by atoms with van der Waals surface area (Å²) in [5.74, 6) is 1.28. The fourth-order valence-electron chi connectivity index (χ4n) is 2.82. The molecule has 168 valence electrons. The van der Waals surface area contributed by atoms with Crippen LogP contribution >= 0.6 is 12.2 Å². The second-order valence-electron chi connectivity index (χ2n) is 6.64. The highest BCUT2D eigenvalue weighted by Crippen LogP contribution is 2.30. The number of methoxy groups -OCH3 is 2. The van der Waals surface area contributed by atoms with Crippen molar-refractivity contribution in [3.63, 3.8) is 0 Å². The Bertz CT molecular complexity index is 1170. The Morgan fingerprint density at radius 1 is 1.00 bits per heavy atom. The second-order valence-corrected chi connectivity index (χ2v) is 8.73. The normalized spacial score (nSPS) is 11.8. The molecule has 0 aliphatic rings. The zero-order valence-electron chi connectivity index (χ0n) is 17.7. The molecule has 32 heavy (non-hydrogen) atoms. The third-order valence-electron chi connectivity index (χ3n) is 4.47. The van der Waals surface area contributed by atoms with Crippen molar-refractivity contribution >= 4 is 39.0 Å². The van der Waals surface area contributed by atoms with E-state index >= 15 is 0 Å². The quantitative estimate of drug-likeness (QED) is 0.424. The first-order chi connectivity index (χ1) is 15.3. The molecular formula is C21H23N5O4S2. The van der Waals surface area contributed by atoms with Gasteiger partial charge in [-0.3, -0.25) is 0 Å². The first-order valence-electron chi connectivity index (χ1n) is 9.51. The van der Waals surface area contributed by atoms with Gasteiger partial charge in [-0.2, -0.15) is 0 Å². The minimum Gasteiger partial charge on any atom is -0.493 e. The van der Waals surface area contributed by atoms with Gasteiger partial charge in [0, 0.05) is 18.1 Å².